The van der Waals surface area contributed by atoms with Crippen molar-refractivity contribution in [3.8, 4) is 0 Å². The highest BCUT2D eigenvalue weighted by Gasteiger charge is 2.28. The van der Waals surface area contributed by atoms with E-state index in [2.05, 4.69) is 9.97 Å². The molecule has 0 spiro atoms. The van der Waals surface area contributed by atoms with Gasteiger partial charge < -0.3 is 9.72 Å². The molecule has 5 nitrogen and oxygen atoms in total. The third kappa shape index (κ3) is 2.99. The summed E-state index contributed by atoms with van der Waals surface area (Å²) in [5.41, 5.74) is 1.71. The summed E-state index contributed by atoms with van der Waals surface area (Å²) in [5.74, 6) is -1.32. The molecule has 1 N–H and O–H groups in total. The maximum absolute atomic E-state index is 12.4. The topological polar surface area (TPSA) is 72.0 Å². The minimum absolute atomic E-state index is 0.147. The van der Waals surface area contributed by atoms with Crippen LogP contribution in [-0.2, 0) is 9.53 Å². The number of carbonyl (C=O) groups excluding carboxylic acids is 1. The van der Waals surface area contributed by atoms with Crippen molar-refractivity contribution in [3.63, 3.8) is 0 Å². The van der Waals surface area contributed by atoms with Crippen LogP contribution in [0.4, 0.5) is 0 Å². The first-order valence-corrected chi connectivity index (χ1v) is 7.41. The van der Waals surface area contributed by atoms with Crippen LogP contribution in [0, 0.1) is 0 Å². The largest absolute Gasteiger partial charge is 0.465 e. The zero-order valence-electron chi connectivity index (χ0n) is 12.7. The molecule has 0 amide bonds. The number of rotatable bonds is 4. The molecule has 0 saturated carbocycles. The lowest BCUT2D eigenvalue weighted by Crippen LogP contribution is -2.26. The van der Waals surface area contributed by atoms with Crippen LogP contribution in [-0.4, -0.2) is 22.5 Å². The summed E-state index contributed by atoms with van der Waals surface area (Å²) in [6.07, 6.45) is 0. The number of aromatic nitrogens is 2. The monoisotopic (exact) mass is 308 g/mol. The van der Waals surface area contributed by atoms with E-state index in [9.17, 15) is 9.59 Å². The predicted molar refractivity (Wildman–Crippen MR) is 87.3 cm³/mol. The van der Waals surface area contributed by atoms with Crippen molar-refractivity contribution < 1.29 is 9.53 Å². The molecule has 0 fully saturated rings. The zero-order chi connectivity index (χ0) is 16.2. The molecule has 3 aromatic rings. The lowest BCUT2D eigenvalue weighted by molar-refractivity contribution is -0.143. The Morgan fingerprint density at radius 3 is 2.57 bits per heavy atom. The number of hydrogen-bond acceptors (Lipinski definition) is 4. The molecule has 2 aromatic carbocycles. The minimum atomic E-state index is -0.843. The number of nitrogens with zero attached hydrogens (tertiary/aromatic N) is 1. The number of hydrogen-bond donors (Lipinski definition) is 1. The first-order chi connectivity index (χ1) is 11.2. The van der Waals surface area contributed by atoms with Crippen LogP contribution < -0.4 is 5.56 Å². The van der Waals surface area contributed by atoms with Gasteiger partial charge in [0.2, 0.25) is 0 Å². The van der Waals surface area contributed by atoms with Crippen molar-refractivity contribution in [1.82, 2.24) is 9.97 Å². The standard InChI is InChI=1S/C18H16N2O3/c1-2-23-18(22)15(12-8-4-3-5-9-12)16-17(21)20-14-11-7-6-10-13(14)19-16/h3-11,15H,2H2,1H3,(H,20,21). The van der Waals surface area contributed by atoms with E-state index in [0.29, 0.717) is 16.6 Å². The Hall–Kier alpha value is -2.95. The number of aromatic amines is 1. The number of esters is 1. The average Bonchev–Trinajstić information content (AvgIpc) is 2.57. The van der Waals surface area contributed by atoms with E-state index in [0.717, 1.165) is 0 Å². The van der Waals surface area contributed by atoms with Gasteiger partial charge in [0.25, 0.3) is 5.56 Å². The molecule has 1 heterocycles. The fraction of sp³-hybridized carbons (Fsp3) is 0.167. The fourth-order valence-electron chi connectivity index (χ4n) is 2.52. The molecule has 1 aromatic heterocycles. The van der Waals surface area contributed by atoms with Crippen LogP contribution in [0.5, 0.6) is 0 Å². The van der Waals surface area contributed by atoms with Gasteiger partial charge in [0.15, 0.2) is 0 Å². The summed E-state index contributed by atoms with van der Waals surface area (Å²) in [6, 6.07) is 16.3. The van der Waals surface area contributed by atoms with Gasteiger partial charge in [-0.05, 0) is 24.6 Å². The Labute approximate surface area is 133 Å². The lowest BCUT2D eigenvalue weighted by Gasteiger charge is -2.15. The molecule has 0 aliphatic rings. The van der Waals surface area contributed by atoms with Gasteiger partial charge in [0.05, 0.1) is 17.6 Å². The van der Waals surface area contributed by atoms with Gasteiger partial charge >= 0.3 is 5.97 Å². The SMILES string of the molecule is CCOC(=O)C(c1ccccc1)c1nc2ccccc2[nH]c1=O. The van der Waals surface area contributed by atoms with Gasteiger partial charge in [-0.1, -0.05) is 42.5 Å². The lowest BCUT2D eigenvalue weighted by atomic mass is 9.95. The molecule has 0 aliphatic carbocycles. The van der Waals surface area contributed by atoms with Crippen molar-refractivity contribution in [2.45, 2.75) is 12.8 Å². The van der Waals surface area contributed by atoms with Crippen LogP contribution >= 0.6 is 0 Å². The van der Waals surface area contributed by atoms with Gasteiger partial charge in [0, 0.05) is 0 Å². The first kappa shape index (κ1) is 15.0. The normalized spacial score (nSPS) is 12.0. The second-order valence-electron chi connectivity index (χ2n) is 5.06. The van der Waals surface area contributed by atoms with E-state index in [1.165, 1.54) is 0 Å². The van der Waals surface area contributed by atoms with Crippen LogP contribution in [0.15, 0.2) is 59.4 Å². The second kappa shape index (κ2) is 6.44. The predicted octanol–water partition coefficient (Wildman–Crippen LogP) is 2.62. The Kier molecular flexibility index (Phi) is 4.19. The van der Waals surface area contributed by atoms with Crippen LogP contribution in [0.1, 0.15) is 24.1 Å². The van der Waals surface area contributed by atoms with Crippen LogP contribution in [0.3, 0.4) is 0 Å². The summed E-state index contributed by atoms with van der Waals surface area (Å²) in [6.45, 7) is 1.98. The summed E-state index contributed by atoms with van der Waals surface area (Å²) in [7, 11) is 0. The van der Waals surface area contributed by atoms with Gasteiger partial charge in [-0.25, -0.2) is 4.98 Å². The molecule has 5 heteroatoms. The Morgan fingerprint density at radius 1 is 1.13 bits per heavy atom. The van der Waals surface area contributed by atoms with Crippen molar-refractivity contribution in [2.24, 2.45) is 0 Å². The first-order valence-electron chi connectivity index (χ1n) is 7.41. The molecule has 0 saturated heterocycles. The fourth-order valence-corrected chi connectivity index (χ4v) is 2.52. The number of fused-ring (bicyclic) bond motifs is 1. The van der Waals surface area contributed by atoms with Gasteiger partial charge in [-0.3, -0.25) is 9.59 Å². The number of carbonyl (C=O) groups is 1. The van der Waals surface area contributed by atoms with Gasteiger partial charge in [-0.15, -0.1) is 0 Å². The maximum Gasteiger partial charge on any atom is 0.319 e. The molecular weight excluding hydrogens is 292 g/mol. The zero-order valence-corrected chi connectivity index (χ0v) is 12.7. The molecule has 1 unspecified atom stereocenters. The number of para-hydroxylation sites is 2. The number of nitrogens with one attached hydrogen (secondary N) is 1. The Balaban J connectivity index is 2.18. The molecule has 3 rings (SSSR count). The van der Waals surface area contributed by atoms with Gasteiger partial charge in [-0.2, -0.15) is 0 Å². The highest BCUT2D eigenvalue weighted by atomic mass is 16.5. The molecule has 0 aliphatic heterocycles. The van der Waals surface area contributed by atoms with Crippen molar-refractivity contribution in [3.05, 3.63) is 76.2 Å². The average molecular weight is 308 g/mol. The minimum Gasteiger partial charge on any atom is -0.465 e. The Morgan fingerprint density at radius 2 is 1.83 bits per heavy atom. The van der Waals surface area contributed by atoms with Crippen molar-refractivity contribution >= 4 is 17.0 Å². The second-order valence-corrected chi connectivity index (χ2v) is 5.06. The molecular formula is C18H16N2O3. The summed E-state index contributed by atoms with van der Waals surface area (Å²) < 4.78 is 5.15. The van der Waals surface area contributed by atoms with Crippen molar-refractivity contribution in [1.29, 1.82) is 0 Å². The van der Waals surface area contributed by atoms with E-state index in [1.54, 1.807) is 31.2 Å². The highest BCUT2D eigenvalue weighted by molar-refractivity contribution is 5.82. The quantitative estimate of drug-likeness (QED) is 0.752. The van der Waals surface area contributed by atoms with Crippen LogP contribution in [0.25, 0.3) is 11.0 Å². The van der Waals surface area contributed by atoms with E-state index in [4.69, 9.17) is 4.74 Å². The van der Waals surface area contributed by atoms with E-state index >= 15 is 0 Å². The van der Waals surface area contributed by atoms with E-state index in [1.807, 2.05) is 30.3 Å². The third-order valence-electron chi connectivity index (χ3n) is 3.55. The number of ether oxygens (including phenoxy) is 1. The highest BCUT2D eigenvalue weighted by Crippen LogP contribution is 2.23. The molecule has 116 valence electrons. The van der Waals surface area contributed by atoms with Gasteiger partial charge in [0.1, 0.15) is 11.6 Å². The summed E-state index contributed by atoms with van der Waals surface area (Å²) >= 11 is 0. The van der Waals surface area contributed by atoms with E-state index < -0.39 is 11.9 Å². The molecule has 23 heavy (non-hydrogen) atoms. The van der Waals surface area contributed by atoms with E-state index in [-0.39, 0.29) is 17.9 Å². The molecule has 0 bridgehead atoms. The Bertz CT molecular complexity index is 887. The smallest absolute Gasteiger partial charge is 0.319 e. The molecule has 0 radical (unpaired) electrons. The summed E-state index contributed by atoms with van der Waals surface area (Å²) in [5, 5.41) is 0. The molecule has 1 atom stereocenters. The number of benzene rings is 2. The third-order valence-corrected chi connectivity index (χ3v) is 3.55. The van der Waals surface area contributed by atoms with Crippen LogP contribution in [0.2, 0.25) is 0 Å². The van der Waals surface area contributed by atoms with Crippen molar-refractivity contribution in [2.75, 3.05) is 6.61 Å². The maximum atomic E-state index is 12.4. The summed E-state index contributed by atoms with van der Waals surface area (Å²) in [4.78, 5) is 32.0. The number of H-pyrrole nitrogens is 1.